The van der Waals surface area contributed by atoms with E-state index in [1.165, 1.54) is 49.7 Å². The molecule has 2 nitrogen and oxygen atoms in total. The number of anilines is 3. The van der Waals surface area contributed by atoms with E-state index in [1.807, 2.05) is 0 Å². The molecule has 0 unspecified atom stereocenters. The molecule has 0 spiro atoms. The normalized spacial score (nSPS) is 11.5. The Kier molecular flexibility index (Phi) is 8.78. The van der Waals surface area contributed by atoms with Crippen LogP contribution >= 0.6 is 0 Å². The Labute approximate surface area is 334 Å². The summed E-state index contributed by atoms with van der Waals surface area (Å²) in [4.78, 5) is 2.40. The van der Waals surface area contributed by atoms with Gasteiger partial charge in [-0.25, -0.2) is 0 Å². The summed E-state index contributed by atoms with van der Waals surface area (Å²) in [6, 6.07) is 87.9. The first-order valence-electron chi connectivity index (χ1n) is 19.6. The Bertz CT molecular complexity index is 2820. The molecule has 0 aliphatic heterocycles. The Morgan fingerprint density at radius 1 is 0.298 bits per heavy atom. The van der Waals surface area contributed by atoms with Crippen LogP contribution in [0.2, 0.25) is 0 Å². The van der Waals surface area contributed by atoms with Crippen molar-refractivity contribution in [2.24, 2.45) is 0 Å². The SMILES string of the molecule is c1ccc(-c2cccc(N(c3ccc(C(c4ccccc4)(c4ccccc4)c4ccccc4)cc3)c3ccc4c5ccccc5n(-c5ccccc5)c4c3)c2)cc1. The monoisotopic (exact) mass is 728 g/mol. The molecule has 9 aromatic carbocycles. The fraction of sp³-hybridized carbons (Fsp3) is 0.0182. The summed E-state index contributed by atoms with van der Waals surface area (Å²) in [6.07, 6.45) is 0. The average Bonchev–Trinajstić information content (AvgIpc) is 3.63. The van der Waals surface area contributed by atoms with E-state index in [2.05, 4.69) is 252 Å². The fourth-order valence-electron chi connectivity index (χ4n) is 8.78. The van der Waals surface area contributed by atoms with Crippen LogP contribution in [0.15, 0.2) is 243 Å². The topological polar surface area (TPSA) is 8.17 Å². The molecule has 10 rings (SSSR count). The summed E-state index contributed by atoms with van der Waals surface area (Å²) in [5.41, 5.74) is 13.4. The van der Waals surface area contributed by atoms with Crippen molar-refractivity contribution in [3.8, 4) is 16.8 Å². The van der Waals surface area contributed by atoms with Gasteiger partial charge >= 0.3 is 0 Å². The lowest BCUT2D eigenvalue weighted by molar-refractivity contribution is 0.745. The van der Waals surface area contributed by atoms with Crippen LogP contribution in [0.4, 0.5) is 17.1 Å². The van der Waals surface area contributed by atoms with Crippen molar-refractivity contribution in [2.45, 2.75) is 5.41 Å². The highest BCUT2D eigenvalue weighted by Gasteiger charge is 2.38. The Hall–Kier alpha value is -7.42. The summed E-state index contributed by atoms with van der Waals surface area (Å²) in [5.74, 6) is 0. The minimum atomic E-state index is -0.532. The summed E-state index contributed by atoms with van der Waals surface area (Å²) < 4.78 is 2.39. The molecule has 0 radical (unpaired) electrons. The maximum Gasteiger partial charge on any atom is 0.0701 e. The van der Waals surface area contributed by atoms with Crippen LogP contribution in [0.5, 0.6) is 0 Å². The minimum Gasteiger partial charge on any atom is -0.310 e. The van der Waals surface area contributed by atoms with Gasteiger partial charge < -0.3 is 9.47 Å². The van der Waals surface area contributed by atoms with Gasteiger partial charge in [0.2, 0.25) is 0 Å². The molecule has 0 bridgehead atoms. The van der Waals surface area contributed by atoms with E-state index < -0.39 is 5.41 Å². The van der Waals surface area contributed by atoms with Crippen LogP contribution in [0.1, 0.15) is 22.3 Å². The Morgan fingerprint density at radius 2 is 0.754 bits per heavy atom. The van der Waals surface area contributed by atoms with E-state index in [-0.39, 0.29) is 0 Å². The highest BCUT2D eigenvalue weighted by molar-refractivity contribution is 6.10. The largest absolute Gasteiger partial charge is 0.310 e. The molecule has 2 heteroatoms. The molecule has 1 heterocycles. The van der Waals surface area contributed by atoms with Crippen LogP contribution in [0.25, 0.3) is 38.6 Å². The van der Waals surface area contributed by atoms with Gasteiger partial charge in [0.15, 0.2) is 0 Å². The Balaban J connectivity index is 1.20. The zero-order chi connectivity index (χ0) is 38.0. The van der Waals surface area contributed by atoms with Crippen molar-refractivity contribution >= 4 is 38.9 Å². The molecular formula is C55H40N2. The van der Waals surface area contributed by atoms with Crippen LogP contribution < -0.4 is 4.90 Å². The molecule has 0 amide bonds. The predicted molar refractivity (Wildman–Crippen MR) is 239 cm³/mol. The van der Waals surface area contributed by atoms with E-state index in [0.717, 1.165) is 28.3 Å². The lowest BCUT2D eigenvalue weighted by Gasteiger charge is -2.37. The third-order valence-corrected chi connectivity index (χ3v) is 11.3. The number of hydrogen-bond acceptors (Lipinski definition) is 1. The summed E-state index contributed by atoms with van der Waals surface area (Å²) in [7, 11) is 0. The molecule has 0 aliphatic carbocycles. The first-order valence-corrected chi connectivity index (χ1v) is 19.6. The smallest absolute Gasteiger partial charge is 0.0701 e. The average molecular weight is 729 g/mol. The van der Waals surface area contributed by atoms with Gasteiger partial charge in [0.05, 0.1) is 16.4 Å². The van der Waals surface area contributed by atoms with Gasteiger partial charge in [0, 0.05) is 33.5 Å². The van der Waals surface area contributed by atoms with Crippen LogP contribution in [-0.2, 0) is 5.41 Å². The number of hydrogen-bond donors (Lipinski definition) is 0. The zero-order valence-corrected chi connectivity index (χ0v) is 31.5. The first-order chi connectivity index (χ1) is 28.3. The van der Waals surface area contributed by atoms with Gasteiger partial charge in [0.25, 0.3) is 0 Å². The second-order valence-electron chi connectivity index (χ2n) is 14.5. The van der Waals surface area contributed by atoms with Gasteiger partial charge in [-0.2, -0.15) is 0 Å². The van der Waals surface area contributed by atoms with Crippen LogP contribution in [-0.4, -0.2) is 4.57 Å². The molecule has 0 atom stereocenters. The molecule has 0 saturated heterocycles. The second-order valence-corrected chi connectivity index (χ2v) is 14.5. The van der Waals surface area contributed by atoms with Gasteiger partial charge in [-0.1, -0.05) is 188 Å². The van der Waals surface area contributed by atoms with Crippen molar-refractivity contribution in [3.05, 3.63) is 265 Å². The number of benzene rings is 9. The Morgan fingerprint density at radius 3 is 1.37 bits per heavy atom. The summed E-state index contributed by atoms with van der Waals surface area (Å²) in [6.45, 7) is 0. The molecule has 270 valence electrons. The standard InChI is InChI=1S/C55H40N2/c1-6-19-41(20-7-1)42-21-18-30-49(39-42)56(50-37-38-52-51-31-16-17-32-53(51)57(54(52)40-50)47-28-14-5-15-29-47)48-35-33-46(34-36-48)55(43-22-8-2-9-23-43,44-24-10-3-11-25-44)45-26-12-4-13-27-45/h1-40H. The molecule has 0 fully saturated rings. The zero-order valence-electron chi connectivity index (χ0n) is 31.5. The van der Waals surface area contributed by atoms with Gasteiger partial charge in [0.1, 0.15) is 0 Å². The number of rotatable bonds is 9. The van der Waals surface area contributed by atoms with Crippen LogP contribution in [0.3, 0.4) is 0 Å². The molecular weight excluding hydrogens is 689 g/mol. The molecule has 10 aromatic rings. The molecule has 57 heavy (non-hydrogen) atoms. The van der Waals surface area contributed by atoms with Crippen LogP contribution in [0, 0.1) is 0 Å². The second kappa shape index (κ2) is 14.7. The number of nitrogens with zero attached hydrogens (tertiary/aromatic N) is 2. The fourth-order valence-corrected chi connectivity index (χ4v) is 8.78. The molecule has 0 N–H and O–H groups in total. The van der Waals surface area contributed by atoms with Crippen molar-refractivity contribution in [2.75, 3.05) is 4.90 Å². The van der Waals surface area contributed by atoms with Crippen molar-refractivity contribution < 1.29 is 0 Å². The van der Waals surface area contributed by atoms with E-state index in [4.69, 9.17) is 0 Å². The van der Waals surface area contributed by atoms with Crippen molar-refractivity contribution in [1.29, 1.82) is 0 Å². The van der Waals surface area contributed by atoms with E-state index in [1.54, 1.807) is 0 Å². The van der Waals surface area contributed by atoms with Gasteiger partial charge in [-0.05, 0) is 88.0 Å². The molecule has 0 aliphatic rings. The van der Waals surface area contributed by atoms with E-state index in [9.17, 15) is 0 Å². The lowest BCUT2D eigenvalue weighted by Crippen LogP contribution is -2.31. The highest BCUT2D eigenvalue weighted by Crippen LogP contribution is 2.47. The van der Waals surface area contributed by atoms with Crippen molar-refractivity contribution in [1.82, 2.24) is 4.57 Å². The lowest BCUT2D eigenvalue weighted by atomic mass is 9.65. The number of aromatic nitrogens is 1. The van der Waals surface area contributed by atoms with E-state index in [0.29, 0.717) is 0 Å². The summed E-state index contributed by atoms with van der Waals surface area (Å²) >= 11 is 0. The number of para-hydroxylation sites is 2. The van der Waals surface area contributed by atoms with Crippen molar-refractivity contribution in [3.63, 3.8) is 0 Å². The predicted octanol–water partition coefficient (Wildman–Crippen LogP) is 14.3. The highest BCUT2D eigenvalue weighted by atomic mass is 15.1. The third kappa shape index (κ3) is 6.00. The van der Waals surface area contributed by atoms with E-state index >= 15 is 0 Å². The van der Waals surface area contributed by atoms with Gasteiger partial charge in [-0.3, -0.25) is 0 Å². The first kappa shape index (κ1) is 34.1. The molecule has 0 saturated carbocycles. The maximum atomic E-state index is 2.40. The van der Waals surface area contributed by atoms with Gasteiger partial charge in [-0.15, -0.1) is 0 Å². The summed E-state index contributed by atoms with van der Waals surface area (Å²) in [5, 5.41) is 2.47. The maximum absolute atomic E-state index is 2.40. The minimum absolute atomic E-state index is 0.532. The quantitative estimate of drug-likeness (QED) is 0.134. The molecule has 1 aromatic heterocycles. The number of fused-ring (bicyclic) bond motifs is 3. The third-order valence-electron chi connectivity index (χ3n) is 11.3.